The molecular formula is C25H30F2N4. The molecule has 1 saturated heterocycles. The van der Waals surface area contributed by atoms with Crippen LogP contribution in [-0.2, 0) is 13.0 Å². The highest BCUT2D eigenvalue weighted by molar-refractivity contribution is 5.62. The minimum absolute atomic E-state index is 0.155. The molecule has 1 N–H and O–H groups in total. The normalized spacial score (nSPS) is 15.6. The molecule has 1 aliphatic heterocycles. The Morgan fingerprint density at radius 2 is 1.81 bits per heavy atom. The number of aromatic amines is 1. The first kappa shape index (κ1) is 21.7. The Morgan fingerprint density at radius 3 is 2.55 bits per heavy atom. The van der Waals surface area contributed by atoms with Gasteiger partial charge in [0, 0.05) is 30.8 Å². The monoisotopic (exact) mass is 424 g/mol. The van der Waals surface area contributed by atoms with E-state index in [2.05, 4.69) is 27.0 Å². The van der Waals surface area contributed by atoms with E-state index >= 15 is 0 Å². The zero-order valence-corrected chi connectivity index (χ0v) is 18.0. The number of rotatable bonds is 8. The van der Waals surface area contributed by atoms with Gasteiger partial charge in [0.25, 0.3) is 0 Å². The van der Waals surface area contributed by atoms with Gasteiger partial charge in [-0.2, -0.15) is 5.10 Å². The van der Waals surface area contributed by atoms with Crippen LogP contribution in [0.2, 0.25) is 0 Å². The van der Waals surface area contributed by atoms with E-state index in [9.17, 15) is 8.78 Å². The van der Waals surface area contributed by atoms with E-state index in [1.54, 1.807) is 18.2 Å². The first-order chi connectivity index (χ1) is 15.1. The van der Waals surface area contributed by atoms with Crippen molar-refractivity contribution in [2.45, 2.75) is 25.8 Å². The molecule has 0 saturated carbocycles. The summed E-state index contributed by atoms with van der Waals surface area (Å²) in [7, 11) is 2.14. The van der Waals surface area contributed by atoms with Crippen LogP contribution in [0.15, 0.2) is 54.7 Å². The van der Waals surface area contributed by atoms with Crippen LogP contribution in [0, 0.1) is 17.6 Å². The predicted molar refractivity (Wildman–Crippen MR) is 120 cm³/mol. The summed E-state index contributed by atoms with van der Waals surface area (Å²) in [5.41, 5.74) is 3.86. The van der Waals surface area contributed by atoms with Crippen molar-refractivity contribution in [1.82, 2.24) is 20.0 Å². The molecular weight excluding hydrogens is 394 g/mol. The van der Waals surface area contributed by atoms with Gasteiger partial charge < -0.3 is 9.80 Å². The number of hydrogen-bond donors (Lipinski definition) is 1. The second kappa shape index (κ2) is 10.2. The lowest BCUT2D eigenvalue weighted by atomic mass is 9.95. The summed E-state index contributed by atoms with van der Waals surface area (Å²) in [6.07, 6.45) is 5.09. The van der Waals surface area contributed by atoms with Crippen LogP contribution in [-0.4, -0.2) is 53.2 Å². The molecule has 2 heterocycles. The molecule has 2 aromatic carbocycles. The number of benzene rings is 2. The molecule has 0 atom stereocenters. The Morgan fingerprint density at radius 1 is 1.06 bits per heavy atom. The van der Waals surface area contributed by atoms with Crippen LogP contribution >= 0.6 is 0 Å². The van der Waals surface area contributed by atoms with Gasteiger partial charge in [-0.05, 0) is 75.1 Å². The first-order valence-corrected chi connectivity index (χ1v) is 11.0. The first-order valence-electron chi connectivity index (χ1n) is 11.0. The van der Waals surface area contributed by atoms with Crippen molar-refractivity contribution in [3.05, 3.63) is 77.5 Å². The van der Waals surface area contributed by atoms with Crippen molar-refractivity contribution < 1.29 is 8.78 Å². The van der Waals surface area contributed by atoms with Gasteiger partial charge in [0.15, 0.2) is 0 Å². The Bertz CT molecular complexity index is 979. The molecule has 31 heavy (non-hydrogen) atoms. The van der Waals surface area contributed by atoms with Crippen molar-refractivity contribution >= 4 is 0 Å². The number of nitrogens with one attached hydrogen (secondary N) is 1. The van der Waals surface area contributed by atoms with Gasteiger partial charge in [-0.15, -0.1) is 0 Å². The third kappa shape index (κ3) is 5.99. The maximum Gasteiger partial charge on any atom is 0.123 e. The molecule has 1 aromatic heterocycles. The molecule has 0 radical (unpaired) electrons. The topological polar surface area (TPSA) is 35.2 Å². The standard InChI is InChI=1S/C25H30F2N4/c1-30(18-22-16-28-29-25(22)21-5-3-7-24(27)15-21)17-20-9-12-31(13-10-20)11-8-19-4-2-6-23(26)14-19/h2-7,14-16,20H,8-13,17-18H2,1H3,(H,28,29). The highest BCUT2D eigenvalue weighted by atomic mass is 19.1. The summed E-state index contributed by atoms with van der Waals surface area (Å²) in [5.74, 6) is 0.271. The lowest BCUT2D eigenvalue weighted by Crippen LogP contribution is -2.38. The summed E-state index contributed by atoms with van der Waals surface area (Å²) in [4.78, 5) is 4.82. The highest BCUT2D eigenvalue weighted by Gasteiger charge is 2.21. The second-order valence-corrected chi connectivity index (χ2v) is 8.64. The number of hydrogen-bond acceptors (Lipinski definition) is 3. The molecule has 1 aliphatic rings. The number of likely N-dealkylation sites (tertiary alicyclic amines) is 1. The van der Waals surface area contributed by atoms with Crippen molar-refractivity contribution in [1.29, 1.82) is 0 Å². The second-order valence-electron chi connectivity index (χ2n) is 8.64. The summed E-state index contributed by atoms with van der Waals surface area (Å²) < 4.78 is 26.9. The summed E-state index contributed by atoms with van der Waals surface area (Å²) in [6, 6.07) is 13.5. The van der Waals surface area contributed by atoms with Crippen LogP contribution in [0.1, 0.15) is 24.0 Å². The fraction of sp³-hybridized carbons (Fsp3) is 0.400. The number of piperidine rings is 1. The Balaban J connectivity index is 1.24. The van der Waals surface area contributed by atoms with E-state index in [1.807, 2.05) is 18.3 Å². The zero-order chi connectivity index (χ0) is 21.6. The van der Waals surface area contributed by atoms with Gasteiger partial charge in [-0.3, -0.25) is 5.10 Å². The molecule has 164 valence electrons. The van der Waals surface area contributed by atoms with Gasteiger partial charge in [0.1, 0.15) is 11.6 Å². The van der Waals surface area contributed by atoms with Crippen molar-refractivity contribution in [3.8, 4) is 11.3 Å². The van der Waals surface area contributed by atoms with E-state index in [0.717, 1.165) is 61.5 Å². The Hall–Kier alpha value is -2.57. The molecule has 3 aromatic rings. The minimum Gasteiger partial charge on any atom is -0.303 e. The van der Waals surface area contributed by atoms with E-state index < -0.39 is 0 Å². The number of H-pyrrole nitrogens is 1. The largest absolute Gasteiger partial charge is 0.303 e. The van der Waals surface area contributed by atoms with Crippen LogP contribution in [0.25, 0.3) is 11.3 Å². The van der Waals surface area contributed by atoms with Crippen molar-refractivity contribution in [3.63, 3.8) is 0 Å². The van der Waals surface area contributed by atoms with Crippen LogP contribution < -0.4 is 0 Å². The number of nitrogens with zero attached hydrogens (tertiary/aromatic N) is 3. The molecule has 4 rings (SSSR count). The van der Waals surface area contributed by atoms with Crippen molar-refractivity contribution in [2.24, 2.45) is 5.92 Å². The zero-order valence-electron chi connectivity index (χ0n) is 18.0. The molecule has 0 aliphatic carbocycles. The molecule has 0 amide bonds. The molecule has 0 spiro atoms. The highest BCUT2D eigenvalue weighted by Crippen LogP contribution is 2.24. The van der Waals surface area contributed by atoms with E-state index in [-0.39, 0.29) is 11.6 Å². The summed E-state index contributed by atoms with van der Waals surface area (Å²) in [6.45, 7) is 4.98. The third-order valence-electron chi connectivity index (χ3n) is 6.15. The SMILES string of the molecule is CN(Cc1cn[nH]c1-c1cccc(F)c1)CC1CCN(CCc2cccc(F)c2)CC1. The third-order valence-corrected chi connectivity index (χ3v) is 6.15. The van der Waals surface area contributed by atoms with E-state index in [0.29, 0.717) is 5.92 Å². The van der Waals surface area contributed by atoms with Gasteiger partial charge >= 0.3 is 0 Å². The number of halogens is 2. The lowest BCUT2D eigenvalue weighted by molar-refractivity contribution is 0.153. The fourth-order valence-electron chi connectivity index (χ4n) is 4.49. The quantitative estimate of drug-likeness (QED) is 0.567. The van der Waals surface area contributed by atoms with Crippen LogP contribution in [0.3, 0.4) is 0 Å². The van der Waals surface area contributed by atoms with E-state index in [4.69, 9.17) is 0 Å². The summed E-state index contributed by atoms with van der Waals surface area (Å²) in [5, 5.41) is 7.21. The molecule has 4 nitrogen and oxygen atoms in total. The lowest BCUT2D eigenvalue weighted by Gasteiger charge is -2.34. The van der Waals surface area contributed by atoms with E-state index in [1.165, 1.54) is 31.0 Å². The maximum atomic E-state index is 13.6. The Kier molecular flexibility index (Phi) is 7.10. The Labute approximate surface area is 182 Å². The molecule has 1 fully saturated rings. The molecule has 6 heteroatoms. The molecule has 0 unspecified atom stereocenters. The van der Waals surface area contributed by atoms with Gasteiger partial charge in [-0.25, -0.2) is 8.78 Å². The predicted octanol–water partition coefficient (Wildman–Crippen LogP) is 4.74. The fourth-order valence-corrected chi connectivity index (χ4v) is 4.49. The van der Waals surface area contributed by atoms with Crippen molar-refractivity contribution in [2.75, 3.05) is 33.2 Å². The number of aromatic nitrogens is 2. The van der Waals surface area contributed by atoms with Crippen LogP contribution in [0.5, 0.6) is 0 Å². The average molecular weight is 425 g/mol. The smallest absolute Gasteiger partial charge is 0.123 e. The maximum absolute atomic E-state index is 13.6. The van der Waals surface area contributed by atoms with Gasteiger partial charge in [-0.1, -0.05) is 24.3 Å². The summed E-state index contributed by atoms with van der Waals surface area (Å²) >= 11 is 0. The van der Waals surface area contributed by atoms with Gasteiger partial charge in [0.05, 0.1) is 11.9 Å². The van der Waals surface area contributed by atoms with Gasteiger partial charge in [0.2, 0.25) is 0 Å². The minimum atomic E-state index is -0.240. The van der Waals surface area contributed by atoms with Crippen LogP contribution in [0.4, 0.5) is 8.78 Å². The molecule has 0 bridgehead atoms. The average Bonchev–Trinajstić information content (AvgIpc) is 3.21.